The summed E-state index contributed by atoms with van der Waals surface area (Å²) in [6.07, 6.45) is 2.09. The molecule has 0 radical (unpaired) electrons. The van der Waals surface area contributed by atoms with E-state index < -0.39 is 19.0 Å². The Morgan fingerprint density at radius 3 is 2.38 bits per heavy atom. The predicted molar refractivity (Wildman–Crippen MR) is 157 cm³/mol. The zero-order chi connectivity index (χ0) is 27.2. The molecule has 1 aliphatic heterocycles. The average Bonchev–Trinajstić information content (AvgIpc) is 3.04. The number of nitrogens with one attached hydrogen (secondary N) is 1. The van der Waals surface area contributed by atoms with Gasteiger partial charge in [-0.25, -0.2) is 4.79 Å². The van der Waals surface area contributed by atoms with Crippen LogP contribution in [0.3, 0.4) is 0 Å². The number of nitrogens with zero attached hydrogens (tertiary/aromatic N) is 1. The summed E-state index contributed by atoms with van der Waals surface area (Å²) in [6, 6.07) is 13.9. The third kappa shape index (κ3) is 4.86. The van der Waals surface area contributed by atoms with E-state index in [1.54, 1.807) is 4.90 Å². The average molecular weight is 582 g/mol. The van der Waals surface area contributed by atoms with E-state index in [0.717, 1.165) is 27.0 Å². The van der Waals surface area contributed by atoms with Gasteiger partial charge < -0.3 is 15.0 Å². The fourth-order valence-electron chi connectivity index (χ4n) is 5.26. The molecule has 2 aromatic carbocycles. The molecule has 1 aliphatic carbocycles. The number of methoxy groups -OCH3 is 1. The van der Waals surface area contributed by atoms with E-state index in [2.05, 4.69) is 72.6 Å². The normalized spacial score (nSPS) is 23.4. The van der Waals surface area contributed by atoms with Gasteiger partial charge in [0.25, 0.3) is 0 Å². The molecule has 37 heavy (non-hydrogen) atoms. The number of rotatable bonds is 3. The lowest BCUT2D eigenvalue weighted by Gasteiger charge is -2.43. The second-order valence-corrected chi connectivity index (χ2v) is 17.9. The maximum absolute atomic E-state index is 13.7. The number of esters is 1. The van der Waals surface area contributed by atoms with Gasteiger partial charge in [0, 0.05) is 28.5 Å². The van der Waals surface area contributed by atoms with E-state index in [1.807, 2.05) is 43.4 Å². The predicted octanol–water partition coefficient (Wildman–Crippen LogP) is 6.66. The zero-order valence-electron chi connectivity index (χ0n) is 22.9. The highest BCUT2D eigenvalue weighted by Gasteiger charge is 2.56. The van der Waals surface area contributed by atoms with E-state index in [-0.39, 0.29) is 16.9 Å². The van der Waals surface area contributed by atoms with E-state index in [4.69, 9.17) is 4.74 Å². The number of amides is 1. The van der Waals surface area contributed by atoms with Crippen LogP contribution in [0.2, 0.25) is 18.1 Å². The first-order valence-corrected chi connectivity index (χ1v) is 16.6. The van der Waals surface area contributed by atoms with Crippen LogP contribution in [0.4, 0.5) is 11.4 Å². The number of likely N-dealkylation sites (N-methyl/N-ethyl adjacent to an activating group) is 1. The van der Waals surface area contributed by atoms with Gasteiger partial charge >= 0.3 is 5.97 Å². The molecule has 2 aliphatic rings. The number of carbonyl (C=O) groups is 2. The summed E-state index contributed by atoms with van der Waals surface area (Å²) in [5.74, 6) is 3.24. The topological polar surface area (TPSA) is 58.6 Å². The minimum atomic E-state index is -1.77. The number of hydrogen-bond donors (Lipinski definition) is 1. The van der Waals surface area contributed by atoms with Crippen LogP contribution in [0.15, 0.2) is 46.9 Å². The Kier molecular flexibility index (Phi) is 7.15. The van der Waals surface area contributed by atoms with Gasteiger partial charge in [-0.3, -0.25) is 4.79 Å². The molecule has 0 atom stereocenters. The first kappa shape index (κ1) is 27.5. The van der Waals surface area contributed by atoms with Gasteiger partial charge in [0.05, 0.1) is 12.5 Å². The van der Waals surface area contributed by atoms with Crippen molar-refractivity contribution in [2.75, 3.05) is 24.4 Å². The van der Waals surface area contributed by atoms with Crippen LogP contribution in [0, 0.1) is 11.5 Å². The fraction of sp³-hybridized carbons (Fsp3) is 0.467. The van der Waals surface area contributed by atoms with Crippen molar-refractivity contribution >= 4 is 47.3 Å². The lowest BCUT2D eigenvalue weighted by molar-refractivity contribution is -0.148. The summed E-state index contributed by atoms with van der Waals surface area (Å²) >= 11 is 3.51. The molecule has 1 heterocycles. The van der Waals surface area contributed by atoms with E-state index in [9.17, 15) is 9.59 Å². The molecule has 0 bridgehead atoms. The summed E-state index contributed by atoms with van der Waals surface area (Å²) in [7, 11) is 1.50. The number of ether oxygens (including phenoxy) is 1. The molecule has 4 rings (SSSR count). The first-order chi connectivity index (χ1) is 17.2. The maximum atomic E-state index is 13.7. The van der Waals surface area contributed by atoms with Crippen molar-refractivity contribution in [1.29, 1.82) is 0 Å². The second-order valence-electron chi connectivity index (χ2n) is 12.0. The third-order valence-corrected chi connectivity index (χ3v) is 13.7. The van der Waals surface area contributed by atoms with Crippen LogP contribution in [-0.4, -0.2) is 39.6 Å². The van der Waals surface area contributed by atoms with Gasteiger partial charge in [-0.2, -0.15) is 0 Å². The van der Waals surface area contributed by atoms with Crippen molar-refractivity contribution < 1.29 is 14.3 Å². The molecule has 0 saturated heterocycles. The van der Waals surface area contributed by atoms with Crippen molar-refractivity contribution in [3.8, 4) is 11.5 Å². The monoisotopic (exact) mass is 580 g/mol. The van der Waals surface area contributed by atoms with Gasteiger partial charge in [0.2, 0.25) is 5.91 Å². The lowest BCUT2D eigenvalue weighted by atomic mass is 9.64. The van der Waals surface area contributed by atoms with Crippen LogP contribution in [-0.2, 0) is 19.7 Å². The Labute approximate surface area is 230 Å². The van der Waals surface area contributed by atoms with Crippen molar-refractivity contribution in [2.24, 2.45) is 0 Å². The van der Waals surface area contributed by atoms with Crippen LogP contribution in [0.5, 0.6) is 0 Å². The first-order valence-electron chi connectivity index (χ1n) is 12.8. The highest BCUT2D eigenvalue weighted by Crippen LogP contribution is 2.52. The third-order valence-electron chi connectivity index (χ3n) is 8.72. The summed E-state index contributed by atoms with van der Waals surface area (Å²) in [6.45, 7) is 11.4. The maximum Gasteiger partial charge on any atom is 0.331 e. The Hall–Kier alpha value is -2.56. The molecular weight excluding hydrogens is 544 g/mol. The molecule has 2 aromatic rings. The Balaban J connectivity index is 1.68. The largest absolute Gasteiger partial charge is 0.467 e. The molecule has 0 unspecified atom stereocenters. The Morgan fingerprint density at radius 1 is 1.11 bits per heavy atom. The van der Waals surface area contributed by atoms with Crippen molar-refractivity contribution in [3.63, 3.8) is 0 Å². The number of anilines is 2. The number of halogens is 1. The number of fused-ring (bicyclic) bond motifs is 2. The van der Waals surface area contributed by atoms with E-state index in [1.165, 1.54) is 7.11 Å². The van der Waals surface area contributed by atoms with Crippen LogP contribution < -0.4 is 10.2 Å². The highest BCUT2D eigenvalue weighted by atomic mass is 79.9. The molecule has 0 aromatic heterocycles. The summed E-state index contributed by atoms with van der Waals surface area (Å²) in [5.41, 5.74) is 5.82. The molecule has 1 amide bonds. The summed E-state index contributed by atoms with van der Waals surface area (Å²) < 4.78 is 6.18. The number of benzene rings is 2. The molecule has 5 nitrogen and oxygen atoms in total. The van der Waals surface area contributed by atoms with Gasteiger partial charge in [-0.05, 0) is 72.7 Å². The fourth-order valence-corrected chi connectivity index (χ4v) is 6.49. The smallest absolute Gasteiger partial charge is 0.331 e. The molecular formula is C30H37BrN2O3Si. The summed E-state index contributed by atoms with van der Waals surface area (Å²) in [4.78, 5) is 28.6. The van der Waals surface area contributed by atoms with E-state index in [0.29, 0.717) is 25.7 Å². The minimum Gasteiger partial charge on any atom is -0.467 e. The van der Waals surface area contributed by atoms with Crippen molar-refractivity contribution in [2.45, 2.75) is 75.5 Å². The lowest BCUT2D eigenvalue weighted by Crippen LogP contribution is -2.54. The molecule has 7 heteroatoms. The Bertz CT molecular complexity index is 1290. The highest BCUT2D eigenvalue weighted by molar-refractivity contribution is 9.10. The molecule has 1 fully saturated rings. The van der Waals surface area contributed by atoms with Gasteiger partial charge in [-0.15, -0.1) is 5.54 Å². The van der Waals surface area contributed by atoms with Crippen LogP contribution in [0.1, 0.15) is 57.6 Å². The number of hydrogen-bond acceptors (Lipinski definition) is 4. The van der Waals surface area contributed by atoms with Crippen LogP contribution in [0.25, 0.3) is 0 Å². The molecule has 1 spiro atoms. The van der Waals surface area contributed by atoms with E-state index >= 15 is 0 Å². The SMILES string of the molecule is COC(=O)C1(Nc2cccc(Br)c2)CCC2(CC1)C(=O)N(C)c1ccc(C#C[Si](C)(C)C(C)(C)C)cc12. The van der Waals surface area contributed by atoms with Gasteiger partial charge in [-0.1, -0.05) is 61.8 Å². The van der Waals surface area contributed by atoms with Crippen LogP contribution >= 0.6 is 15.9 Å². The standard InChI is InChI=1S/C30H37BrN2O3Si/c1-28(2,3)37(6,7)18-13-21-11-12-25-24(19-21)29(26(34)33(25)4)14-16-30(17-15-29,27(35)36-5)32-23-10-8-9-22(31)20-23/h8-12,19-20,32H,14-17H2,1-7H3. The second kappa shape index (κ2) is 9.63. The van der Waals surface area contributed by atoms with Crippen molar-refractivity contribution in [3.05, 3.63) is 58.1 Å². The Morgan fingerprint density at radius 2 is 1.78 bits per heavy atom. The van der Waals surface area contributed by atoms with Crippen molar-refractivity contribution in [1.82, 2.24) is 0 Å². The van der Waals surface area contributed by atoms with Gasteiger partial charge in [0.15, 0.2) is 0 Å². The zero-order valence-corrected chi connectivity index (χ0v) is 25.5. The molecule has 1 saturated carbocycles. The van der Waals surface area contributed by atoms with Gasteiger partial charge in [0.1, 0.15) is 13.6 Å². The molecule has 196 valence electrons. The quantitative estimate of drug-likeness (QED) is 0.250. The summed E-state index contributed by atoms with van der Waals surface area (Å²) in [5, 5.41) is 3.63. The minimum absolute atomic E-state index is 0.0953. The number of carbonyl (C=O) groups excluding carboxylic acids is 2. The molecule has 1 N–H and O–H groups in total.